The number of nitrogens with zero attached hydrogens (tertiary/aromatic N) is 3. The van der Waals surface area contributed by atoms with Crippen LogP contribution in [-0.4, -0.2) is 40.9 Å². The maximum atomic E-state index is 12.6. The standard InChI is InChI=1S/C17H26N4O.C3H4.C2H2O/c22-16(20-15-8-3-1-2-4-9-15)14-7-5-12-21(13-14)17-18-10-6-11-19-17;1-3-2;1-2-3/h6,10-11,14-15H,1-5,7-9,12-13H2,(H,20,22);1-2H2;1H2. The molecule has 2 fully saturated rings. The van der Waals surface area contributed by atoms with Crippen LogP contribution in [0.5, 0.6) is 0 Å². The molecule has 1 aliphatic heterocycles. The van der Waals surface area contributed by atoms with Crippen molar-refractivity contribution in [1.82, 2.24) is 15.3 Å². The van der Waals surface area contributed by atoms with Crippen molar-refractivity contribution in [3.63, 3.8) is 0 Å². The molecule has 1 atom stereocenters. The van der Waals surface area contributed by atoms with Gasteiger partial charge in [-0.2, -0.15) is 0 Å². The number of carbonyl (C=O) groups is 1. The molecule has 2 aliphatic rings. The van der Waals surface area contributed by atoms with E-state index in [1.165, 1.54) is 31.6 Å². The normalized spacial score (nSPS) is 19.3. The summed E-state index contributed by atoms with van der Waals surface area (Å²) in [6.07, 6.45) is 12.9. The first-order valence-electron chi connectivity index (χ1n) is 9.92. The molecule has 0 aromatic carbocycles. The Morgan fingerprint density at radius 3 is 2.18 bits per heavy atom. The summed E-state index contributed by atoms with van der Waals surface area (Å²) in [6.45, 7) is 10.6. The van der Waals surface area contributed by atoms with E-state index in [-0.39, 0.29) is 11.8 Å². The second-order valence-corrected chi connectivity index (χ2v) is 6.93. The summed E-state index contributed by atoms with van der Waals surface area (Å²) in [7, 11) is 0. The predicted octanol–water partition coefficient (Wildman–Crippen LogP) is 3.49. The second-order valence-electron chi connectivity index (χ2n) is 6.93. The maximum absolute atomic E-state index is 12.6. The first-order valence-corrected chi connectivity index (χ1v) is 9.92. The molecule has 1 unspecified atom stereocenters. The number of hydrogen-bond donors (Lipinski definition) is 1. The number of aromatic nitrogens is 2. The highest BCUT2D eigenvalue weighted by atomic mass is 16.2. The van der Waals surface area contributed by atoms with E-state index in [9.17, 15) is 4.79 Å². The molecule has 0 spiro atoms. The van der Waals surface area contributed by atoms with Crippen LogP contribution in [0.4, 0.5) is 5.95 Å². The van der Waals surface area contributed by atoms with E-state index in [1.54, 1.807) is 12.4 Å². The van der Waals surface area contributed by atoms with E-state index in [4.69, 9.17) is 4.79 Å². The summed E-state index contributed by atoms with van der Waals surface area (Å²) >= 11 is 0. The van der Waals surface area contributed by atoms with Crippen molar-refractivity contribution in [2.75, 3.05) is 18.0 Å². The van der Waals surface area contributed by atoms with Gasteiger partial charge in [0.2, 0.25) is 11.9 Å². The Balaban J connectivity index is 0.000000582. The van der Waals surface area contributed by atoms with Crippen LogP contribution in [0.25, 0.3) is 0 Å². The molecule has 1 aromatic heterocycles. The minimum atomic E-state index is 0.0702. The molecule has 6 nitrogen and oxygen atoms in total. The fraction of sp³-hybridized carbons (Fsp3) is 0.545. The Morgan fingerprint density at radius 2 is 1.61 bits per heavy atom. The Bertz CT molecular complexity index is 615. The van der Waals surface area contributed by atoms with Crippen LogP contribution < -0.4 is 10.2 Å². The molecule has 0 radical (unpaired) electrons. The van der Waals surface area contributed by atoms with Gasteiger partial charge >= 0.3 is 0 Å². The molecule has 1 saturated heterocycles. The van der Waals surface area contributed by atoms with Crippen LogP contribution in [0.3, 0.4) is 0 Å². The van der Waals surface area contributed by atoms with Gasteiger partial charge in [-0.3, -0.25) is 4.79 Å². The summed E-state index contributed by atoms with van der Waals surface area (Å²) < 4.78 is 0. The van der Waals surface area contributed by atoms with E-state index in [0.717, 1.165) is 44.7 Å². The second kappa shape index (κ2) is 14.4. The Hall–Kier alpha value is -2.68. The molecule has 28 heavy (non-hydrogen) atoms. The van der Waals surface area contributed by atoms with Gasteiger partial charge in [-0.25, -0.2) is 14.8 Å². The highest BCUT2D eigenvalue weighted by Gasteiger charge is 2.28. The zero-order valence-electron chi connectivity index (χ0n) is 16.7. The van der Waals surface area contributed by atoms with Gasteiger partial charge in [0.15, 0.2) is 0 Å². The number of carbonyl (C=O) groups excluding carboxylic acids is 2. The third-order valence-corrected chi connectivity index (χ3v) is 4.83. The lowest BCUT2D eigenvalue weighted by molar-refractivity contribution is -0.126. The topological polar surface area (TPSA) is 75.2 Å². The van der Waals surface area contributed by atoms with E-state index in [0.29, 0.717) is 6.04 Å². The Kier molecular flexibility index (Phi) is 12.0. The van der Waals surface area contributed by atoms with Crippen molar-refractivity contribution in [3.05, 3.63) is 43.9 Å². The summed E-state index contributed by atoms with van der Waals surface area (Å²) in [5, 5.41) is 3.29. The predicted molar refractivity (Wildman–Crippen MR) is 113 cm³/mol. The third-order valence-electron chi connectivity index (χ3n) is 4.83. The van der Waals surface area contributed by atoms with Crippen molar-refractivity contribution in [2.45, 2.75) is 57.4 Å². The van der Waals surface area contributed by atoms with E-state index < -0.39 is 0 Å². The number of hydrogen-bond acceptors (Lipinski definition) is 5. The molecule has 1 N–H and O–H groups in total. The lowest BCUT2D eigenvalue weighted by Gasteiger charge is -2.32. The average molecular weight is 385 g/mol. The smallest absolute Gasteiger partial charge is 0.225 e. The van der Waals surface area contributed by atoms with Gasteiger partial charge in [0.05, 0.1) is 5.92 Å². The van der Waals surface area contributed by atoms with Gasteiger partial charge in [-0.15, -0.1) is 5.73 Å². The van der Waals surface area contributed by atoms with Crippen molar-refractivity contribution in [2.24, 2.45) is 5.92 Å². The summed E-state index contributed by atoms with van der Waals surface area (Å²) in [5.74, 6) is 2.29. The molecule has 1 aliphatic carbocycles. The quantitative estimate of drug-likeness (QED) is 0.490. The zero-order chi connectivity index (χ0) is 20.6. The van der Waals surface area contributed by atoms with Crippen LogP contribution in [0, 0.1) is 5.92 Å². The molecule has 3 rings (SSSR count). The molecule has 6 heteroatoms. The lowest BCUT2D eigenvalue weighted by atomic mass is 9.96. The van der Waals surface area contributed by atoms with E-state index in [2.05, 4.69) is 45.7 Å². The van der Waals surface area contributed by atoms with Gasteiger partial charge in [-0.1, -0.05) is 38.8 Å². The van der Waals surface area contributed by atoms with Crippen molar-refractivity contribution in [1.29, 1.82) is 0 Å². The number of piperidine rings is 1. The van der Waals surface area contributed by atoms with Crippen LogP contribution >= 0.6 is 0 Å². The zero-order valence-corrected chi connectivity index (χ0v) is 16.7. The maximum Gasteiger partial charge on any atom is 0.225 e. The van der Waals surface area contributed by atoms with Crippen molar-refractivity contribution < 1.29 is 9.59 Å². The molecule has 152 valence electrons. The average Bonchev–Trinajstić information content (AvgIpc) is 2.99. The molecular weight excluding hydrogens is 352 g/mol. The Labute approximate surface area is 168 Å². The molecule has 1 amide bonds. The largest absolute Gasteiger partial charge is 0.353 e. The molecule has 1 aromatic rings. The lowest BCUT2D eigenvalue weighted by Crippen LogP contribution is -2.46. The first kappa shape index (κ1) is 23.4. The van der Waals surface area contributed by atoms with Gasteiger partial charge in [0.25, 0.3) is 0 Å². The summed E-state index contributed by atoms with van der Waals surface area (Å²) in [4.78, 5) is 31.9. The van der Waals surface area contributed by atoms with Crippen LogP contribution in [0.1, 0.15) is 51.4 Å². The SMILES string of the molecule is C=C=C.C=C=O.O=C(NC1CCCCCC1)C1CCCN(c2ncccn2)C1. The highest BCUT2D eigenvalue weighted by Crippen LogP contribution is 2.22. The number of nitrogens with one attached hydrogen (secondary N) is 1. The van der Waals surface area contributed by atoms with Gasteiger partial charge in [0.1, 0.15) is 5.94 Å². The fourth-order valence-corrected chi connectivity index (χ4v) is 3.57. The van der Waals surface area contributed by atoms with Gasteiger partial charge in [0, 0.05) is 31.5 Å². The van der Waals surface area contributed by atoms with Crippen LogP contribution in [0.2, 0.25) is 0 Å². The molecule has 1 saturated carbocycles. The van der Waals surface area contributed by atoms with Gasteiger partial charge in [-0.05, 0) is 38.3 Å². The third kappa shape index (κ3) is 8.81. The van der Waals surface area contributed by atoms with Crippen molar-refractivity contribution in [3.8, 4) is 0 Å². The van der Waals surface area contributed by atoms with Gasteiger partial charge < -0.3 is 10.2 Å². The van der Waals surface area contributed by atoms with Crippen molar-refractivity contribution >= 4 is 17.8 Å². The number of rotatable bonds is 3. The molecular formula is C22H32N4O2. The molecule has 2 heterocycles. The Morgan fingerprint density at radius 1 is 1.04 bits per heavy atom. The number of anilines is 1. The molecule has 0 bridgehead atoms. The fourth-order valence-electron chi connectivity index (χ4n) is 3.57. The number of amides is 1. The summed E-state index contributed by atoms with van der Waals surface area (Å²) in [6, 6.07) is 2.21. The monoisotopic (exact) mass is 384 g/mol. The highest BCUT2D eigenvalue weighted by molar-refractivity contribution is 5.79. The minimum Gasteiger partial charge on any atom is -0.353 e. The minimum absolute atomic E-state index is 0.0702. The summed E-state index contributed by atoms with van der Waals surface area (Å²) in [5.41, 5.74) is 2.25. The van der Waals surface area contributed by atoms with E-state index in [1.807, 2.05) is 6.07 Å². The van der Waals surface area contributed by atoms with Crippen LogP contribution in [-0.2, 0) is 9.59 Å². The van der Waals surface area contributed by atoms with Crippen LogP contribution in [0.15, 0.2) is 43.9 Å². The first-order chi connectivity index (χ1) is 13.7. The van der Waals surface area contributed by atoms with E-state index >= 15 is 0 Å².